The Labute approximate surface area is 399 Å². The second kappa shape index (κ2) is 15.9. The summed E-state index contributed by atoms with van der Waals surface area (Å²) in [5.74, 6) is 0. The highest BCUT2D eigenvalue weighted by Crippen LogP contribution is 2.48. The Balaban J connectivity index is 1.01. The molecule has 0 amide bonds. The zero-order valence-electron chi connectivity index (χ0n) is 37.8. The van der Waals surface area contributed by atoms with E-state index in [4.69, 9.17) is 0 Å². The number of hydrogen-bond acceptors (Lipinski definition) is 2. The summed E-state index contributed by atoms with van der Waals surface area (Å²) >= 11 is 1.94. The molecule has 3 nitrogen and oxygen atoms in total. The number of hydrogen-bond donors (Lipinski definition) is 0. The average Bonchev–Trinajstić information content (AvgIpc) is 4.05. The van der Waals surface area contributed by atoms with Gasteiger partial charge in [-0.1, -0.05) is 158 Å². The van der Waals surface area contributed by atoms with E-state index in [1.165, 1.54) is 91.6 Å². The number of rotatable bonds is 8. The summed E-state index contributed by atoms with van der Waals surface area (Å²) in [7, 11) is 0. The van der Waals surface area contributed by atoms with Gasteiger partial charge in [-0.2, -0.15) is 0 Å². The minimum atomic E-state index is 0.929. The van der Waals surface area contributed by atoms with Crippen LogP contribution < -0.4 is 4.90 Å². The number of thiophene rings is 1. The van der Waals surface area contributed by atoms with Gasteiger partial charge in [0.05, 0.1) is 22.1 Å². The quantitative estimate of drug-likeness (QED) is 0.148. The number of para-hydroxylation sites is 4. The normalized spacial score (nSPS) is 11.7. The predicted molar refractivity (Wildman–Crippen MR) is 292 cm³/mol. The highest BCUT2D eigenvalue weighted by Gasteiger charge is 2.23. The monoisotopic (exact) mass is 887 g/mol. The van der Waals surface area contributed by atoms with E-state index in [1.54, 1.807) is 0 Å². The summed E-state index contributed by atoms with van der Waals surface area (Å²) in [6.07, 6.45) is 0. The van der Waals surface area contributed by atoms with Gasteiger partial charge < -0.3 is 14.0 Å². The van der Waals surface area contributed by atoms with Crippen LogP contribution in [0.15, 0.2) is 231 Å². The predicted octanol–water partition coefficient (Wildman–Crippen LogP) is 18.0. The molecule has 0 radical (unpaired) electrons. The molecule has 13 aromatic rings. The molecule has 3 heterocycles. The summed E-state index contributed by atoms with van der Waals surface area (Å²) in [6, 6.07) is 81.9. The lowest BCUT2D eigenvalue weighted by Gasteiger charge is -2.29. The van der Waals surface area contributed by atoms with E-state index in [0.717, 1.165) is 39.6 Å². The van der Waals surface area contributed by atoms with Crippen molar-refractivity contribution in [1.82, 2.24) is 9.13 Å². The molecule has 0 unspecified atom stereocenters. The van der Waals surface area contributed by atoms with Crippen molar-refractivity contribution in [2.24, 2.45) is 0 Å². The van der Waals surface area contributed by atoms with Gasteiger partial charge in [0.15, 0.2) is 0 Å². The first-order valence-corrected chi connectivity index (χ1v) is 24.1. The molecular formula is C64H45N3S. The maximum atomic E-state index is 4.67. The van der Waals surface area contributed by atoms with Crippen LogP contribution in [0.1, 0.15) is 16.7 Å². The molecule has 0 aliphatic heterocycles. The first-order chi connectivity index (χ1) is 33.5. The van der Waals surface area contributed by atoms with Gasteiger partial charge in [0.1, 0.15) is 0 Å². The van der Waals surface area contributed by atoms with Crippen LogP contribution in [0.4, 0.5) is 11.4 Å². The van der Waals surface area contributed by atoms with Crippen LogP contribution in [0.2, 0.25) is 0 Å². The van der Waals surface area contributed by atoms with Crippen LogP contribution in [0.5, 0.6) is 0 Å². The van der Waals surface area contributed by atoms with Gasteiger partial charge in [0, 0.05) is 70.2 Å². The molecule has 13 rings (SSSR count). The number of aryl methyl sites for hydroxylation is 2. The topological polar surface area (TPSA) is 13.1 Å². The average molecular weight is 888 g/mol. The van der Waals surface area contributed by atoms with E-state index >= 15 is 0 Å². The first-order valence-electron chi connectivity index (χ1n) is 23.3. The summed E-state index contributed by atoms with van der Waals surface area (Å²) < 4.78 is 7.51. The first kappa shape index (κ1) is 39.9. The van der Waals surface area contributed by atoms with Crippen molar-refractivity contribution in [1.29, 1.82) is 0 Å². The van der Waals surface area contributed by atoms with Crippen molar-refractivity contribution in [2.75, 3.05) is 4.90 Å². The molecule has 4 heteroatoms. The third kappa shape index (κ3) is 6.33. The number of nitrogens with zero attached hydrogens (tertiary/aromatic N) is 3. The van der Waals surface area contributed by atoms with Gasteiger partial charge in [-0.3, -0.25) is 0 Å². The Morgan fingerprint density at radius 3 is 1.37 bits per heavy atom. The van der Waals surface area contributed by atoms with E-state index in [2.05, 4.69) is 259 Å². The van der Waals surface area contributed by atoms with Crippen molar-refractivity contribution in [3.63, 3.8) is 0 Å². The standard InChI is InChI=1S/C64H45N3S/c1-41-23-25-45(26-24-41)47-31-35-57-54(39-47)61-59(66(57)50-18-9-5-10-19-50)37-33-52-53-34-38-60-62(64(53)68-63(52)61)55-40-48(32-36-58(55)67(60)51-20-11-6-12-21-51)46-29-27-44(28-30-46)43(3)65(49-16-7-4-8-17-49)56-22-14-13-15-42(56)2/h4-40H,3H2,1-2H3. The Morgan fingerprint density at radius 1 is 0.412 bits per heavy atom. The number of benzene rings is 10. The van der Waals surface area contributed by atoms with Crippen molar-refractivity contribution >= 4 is 92.2 Å². The number of aromatic nitrogens is 2. The van der Waals surface area contributed by atoms with Crippen LogP contribution in [0.25, 0.3) is 103 Å². The molecule has 0 N–H and O–H groups in total. The van der Waals surface area contributed by atoms with Crippen LogP contribution in [-0.2, 0) is 0 Å². The van der Waals surface area contributed by atoms with Gasteiger partial charge in [-0.25, -0.2) is 0 Å². The molecule has 0 spiro atoms. The minimum Gasteiger partial charge on any atom is -0.310 e. The van der Waals surface area contributed by atoms with Gasteiger partial charge >= 0.3 is 0 Å². The molecule has 10 aromatic carbocycles. The Bertz CT molecular complexity index is 4080. The van der Waals surface area contributed by atoms with Gasteiger partial charge in [-0.05, 0) is 126 Å². The van der Waals surface area contributed by atoms with E-state index in [9.17, 15) is 0 Å². The molecule has 0 atom stereocenters. The minimum absolute atomic E-state index is 0.929. The molecule has 0 aliphatic rings. The van der Waals surface area contributed by atoms with Crippen molar-refractivity contribution in [3.8, 4) is 33.6 Å². The molecule has 0 bridgehead atoms. The Morgan fingerprint density at radius 2 is 0.853 bits per heavy atom. The fourth-order valence-corrected chi connectivity index (χ4v) is 11.9. The second-order valence-electron chi connectivity index (χ2n) is 17.9. The van der Waals surface area contributed by atoms with Gasteiger partial charge in [-0.15, -0.1) is 11.3 Å². The summed E-state index contributed by atoms with van der Waals surface area (Å²) in [5.41, 5.74) is 18.6. The lowest BCUT2D eigenvalue weighted by molar-refractivity contribution is 1.18. The SMILES string of the molecule is C=C(c1ccc(-c2ccc3c(c2)c2c4sc5c(ccc6c5c5cc(-c7ccc(C)cc7)ccc5n6-c5ccccc5)c4ccc2n3-c2ccccc2)cc1)N(c1ccccc1)c1ccccc1C. The van der Waals surface area contributed by atoms with Crippen LogP contribution >= 0.6 is 11.3 Å². The summed E-state index contributed by atoms with van der Waals surface area (Å²) in [5, 5.41) is 7.66. The molecule has 3 aromatic heterocycles. The zero-order chi connectivity index (χ0) is 45.5. The fraction of sp³-hybridized carbons (Fsp3) is 0.0312. The lowest BCUT2D eigenvalue weighted by Crippen LogP contribution is -2.15. The van der Waals surface area contributed by atoms with Gasteiger partial charge in [0.2, 0.25) is 0 Å². The fourth-order valence-electron chi connectivity index (χ4n) is 10.5. The van der Waals surface area contributed by atoms with Crippen LogP contribution in [0, 0.1) is 13.8 Å². The molecule has 0 fully saturated rings. The smallest absolute Gasteiger partial charge is 0.0555 e. The summed E-state index contributed by atoms with van der Waals surface area (Å²) in [4.78, 5) is 2.27. The molecule has 0 aliphatic carbocycles. The Kier molecular flexibility index (Phi) is 9.31. The van der Waals surface area contributed by atoms with Gasteiger partial charge in [0.25, 0.3) is 0 Å². The lowest BCUT2D eigenvalue weighted by atomic mass is 9.99. The summed E-state index contributed by atoms with van der Waals surface area (Å²) in [6.45, 7) is 8.98. The van der Waals surface area contributed by atoms with E-state index in [0.29, 0.717) is 0 Å². The second-order valence-corrected chi connectivity index (χ2v) is 18.9. The maximum Gasteiger partial charge on any atom is 0.0555 e. The number of fused-ring (bicyclic) bond motifs is 11. The van der Waals surface area contributed by atoms with E-state index in [-0.39, 0.29) is 0 Å². The van der Waals surface area contributed by atoms with Crippen LogP contribution in [-0.4, -0.2) is 9.13 Å². The molecule has 322 valence electrons. The molecule has 0 saturated carbocycles. The maximum absolute atomic E-state index is 4.67. The van der Waals surface area contributed by atoms with Crippen molar-refractivity contribution in [2.45, 2.75) is 13.8 Å². The molecular weight excluding hydrogens is 843 g/mol. The van der Waals surface area contributed by atoms with Crippen molar-refractivity contribution < 1.29 is 0 Å². The largest absolute Gasteiger partial charge is 0.310 e. The zero-order valence-corrected chi connectivity index (χ0v) is 38.6. The third-order valence-electron chi connectivity index (χ3n) is 13.9. The van der Waals surface area contributed by atoms with E-state index in [1.807, 2.05) is 11.3 Å². The molecule has 68 heavy (non-hydrogen) atoms. The highest BCUT2D eigenvalue weighted by atomic mass is 32.1. The van der Waals surface area contributed by atoms with Crippen LogP contribution in [0.3, 0.4) is 0 Å². The Hall–Kier alpha value is -8.44. The third-order valence-corrected chi connectivity index (χ3v) is 15.1. The van der Waals surface area contributed by atoms with Crippen molar-refractivity contribution in [3.05, 3.63) is 248 Å². The highest BCUT2D eigenvalue weighted by molar-refractivity contribution is 7.27. The molecule has 0 saturated heterocycles. The van der Waals surface area contributed by atoms with E-state index < -0.39 is 0 Å². The number of anilines is 2.